The summed E-state index contributed by atoms with van der Waals surface area (Å²) in [6, 6.07) is 3.17. The first kappa shape index (κ1) is 19.0. The zero-order chi connectivity index (χ0) is 18.7. The number of hydrogen-bond donors (Lipinski definition) is 1. The molecule has 3 rings (SSSR count). The summed E-state index contributed by atoms with van der Waals surface area (Å²) in [6.45, 7) is 3.72. The minimum Gasteiger partial charge on any atom is -0.367 e. The van der Waals surface area contributed by atoms with E-state index < -0.39 is 12.1 Å². The van der Waals surface area contributed by atoms with Crippen molar-refractivity contribution < 1.29 is 18.0 Å². The lowest BCUT2D eigenvalue weighted by Gasteiger charge is -2.31. The van der Waals surface area contributed by atoms with E-state index in [9.17, 15) is 18.0 Å². The molecule has 1 N–H and O–H groups in total. The lowest BCUT2D eigenvalue weighted by Crippen LogP contribution is -2.38. The first-order valence-electron chi connectivity index (χ1n) is 9.41. The van der Waals surface area contributed by atoms with E-state index in [2.05, 4.69) is 17.2 Å². The molecule has 1 aliphatic carbocycles. The quantitative estimate of drug-likeness (QED) is 0.854. The van der Waals surface area contributed by atoms with Gasteiger partial charge >= 0.3 is 6.18 Å². The Morgan fingerprint density at radius 2 is 1.92 bits per heavy atom. The van der Waals surface area contributed by atoms with Gasteiger partial charge in [0.2, 0.25) is 0 Å². The Kier molecular flexibility index (Phi) is 5.73. The molecular formula is C19H26F3N3O. The minimum atomic E-state index is -4.13. The molecule has 2 unspecified atom stereocenters. The summed E-state index contributed by atoms with van der Waals surface area (Å²) in [7, 11) is 0. The number of hydrogen-bond acceptors (Lipinski definition) is 3. The molecule has 1 aromatic rings. The van der Waals surface area contributed by atoms with Gasteiger partial charge in [-0.1, -0.05) is 13.3 Å². The third-order valence-electron chi connectivity index (χ3n) is 5.57. The standard InChI is InChI=1S/C19H26F3N3O/c1-13-7-9-25(10-8-13)18(26)14-5-6-17(23-12-14)24-16-4-2-3-15(11-16)19(20,21)22/h5-6,12-13,15-16H,2-4,7-11H2,1H3,(H,23,24). The number of pyridine rings is 1. The normalized spacial score (nSPS) is 25.2. The van der Waals surface area contributed by atoms with Crippen LogP contribution in [0.4, 0.5) is 19.0 Å². The van der Waals surface area contributed by atoms with Crippen LogP contribution in [-0.4, -0.2) is 41.1 Å². The van der Waals surface area contributed by atoms with E-state index in [1.807, 2.05) is 4.90 Å². The van der Waals surface area contributed by atoms with E-state index in [0.29, 0.717) is 30.1 Å². The predicted molar refractivity (Wildman–Crippen MR) is 94.0 cm³/mol. The van der Waals surface area contributed by atoms with E-state index in [4.69, 9.17) is 0 Å². The van der Waals surface area contributed by atoms with Gasteiger partial charge < -0.3 is 10.2 Å². The van der Waals surface area contributed by atoms with Gasteiger partial charge in [-0.2, -0.15) is 13.2 Å². The number of piperidine rings is 1. The van der Waals surface area contributed by atoms with Gasteiger partial charge in [0.15, 0.2) is 0 Å². The molecule has 2 fully saturated rings. The maximum atomic E-state index is 12.9. The van der Waals surface area contributed by atoms with Gasteiger partial charge in [-0.3, -0.25) is 4.79 Å². The summed E-state index contributed by atoms with van der Waals surface area (Å²) in [5, 5.41) is 3.10. The second-order valence-corrected chi connectivity index (χ2v) is 7.65. The largest absolute Gasteiger partial charge is 0.391 e. The molecule has 7 heteroatoms. The highest BCUT2D eigenvalue weighted by Gasteiger charge is 2.42. The topological polar surface area (TPSA) is 45.2 Å². The van der Waals surface area contributed by atoms with Crippen molar-refractivity contribution in [1.82, 2.24) is 9.88 Å². The number of rotatable bonds is 3. The number of amides is 1. The van der Waals surface area contributed by atoms with E-state index in [1.165, 1.54) is 6.20 Å². The number of likely N-dealkylation sites (tertiary alicyclic amines) is 1. The van der Waals surface area contributed by atoms with Crippen LogP contribution in [0.3, 0.4) is 0 Å². The maximum absolute atomic E-state index is 12.9. The highest BCUT2D eigenvalue weighted by molar-refractivity contribution is 5.94. The summed E-state index contributed by atoms with van der Waals surface area (Å²) in [5.74, 6) is -0.0803. The Hall–Kier alpha value is -1.79. The SMILES string of the molecule is CC1CCN(C(=O)c2ccc(NC3CCCC(C(F)(F)F)C3)nc2)CC1. The van der Waals surface area contributed by atoms with Crippen LogP contribution in [0.25, 0.3) is 0 Å². The molecule has 4 nitrogen and oxygen atoms in total. The summed E-state index contributed by atoms with van der Waals surface area (Å²) in [5.41, 5.74) is 0.530. The third-order valence-corrected chi connectivity index (χ3v) is 5.57. The molecule has 2 atom stereocenters. The molecule has 1 aromatic heterocycles. The second-order valence-electron chi connectivity index (χ2n) is 7.65. The predicted octanol–water partition coefficient (Wildman–Crippen LogP) is 4.49. The van der Waals surface area contributed by atoms with Crippen molar-refractivity contribution in [3.63, 3.8) is 0 Å². The maximum Gasteiger partial charge on any atom is 0.391 e. The van der Waals surface area contributed by atoms with Crippen molar-refractivity contribution in [3.8, 4) is 0 Å². The fraction of sp³-hybridized carbons (Fsp3) is 0.684. The number of anilines is 1. The van der Waals surface area contributed by atoms with Gasteiger partial charge in [0.05, 0.1) is 11.5 Å². The monoisotopic (exact) mass is 369 g/mol. The first-order valence-corrected chi connectivity index (χ1v) is 9.41. The lowest BCUT2D eigenvalue weighted by atomic mass is 9.85. The molecule has 0 bridgehead atoms. The van der Waals surface area contributed by atoms with Crippen LogP contribution >= 0.6 is 0 Å². The van der Waals surface area contributed by atoms with E-state index in [1.54, 1.807) is 12.1 Å². The van der Waals surface area contributed by atoms with Crippen molar-refractivity contribution >= 4 is 11.7 Å². The van der Waals surface area contributed by atoms with Crippen molar-refractivity contribution in [2.75, 3.05) is 18.4 Å². The Labute approximate surface area is 152 Å². The molecule has 0 spiro atoms. The molecule has 1 saturated heterocycles. The molecule has 2 heterocycles. The van der Waals surface area contributed by atoms with Crippen molar-refractivity contribution in [2.24, 2.45) is 11.8 Å². The molecule has 2 aliphatic rings. The molecule has 26 heavy (non-hydrogen) atoms. The zero-order valence-corrected chi connectivity index (χ0v) is 15.1. The summed E-state index contributed by atoms with van der Waals surface area (Å²) >= 11 is 0. The van der Waals surface area contributed by atoms with Crippen LogP contribution in [0, 0.1) is 11.8 Å². The van der Waals surface area contributed by atoms with Gasteiger partial charge in [0.25, 0.3) is 5.91 Å². The number of alkyl halides is 3. The van der Waals surface area contributed by atoms with Crippen LogP contribution in [-0.2, 0) is 0 Å². The molecule has 0 radical (unpaired) electrons. The van der Waals surface area contributed by atoms with Crippen molar-refractivity contribution in [3.05, 3.63) is 23.9 Å². The average molecular weight is 369 g/mol. The van der Waals surface area contributed by atoms with Gasteiger partial charge in [-0.15, -0.1) is 0 Å². The number of nitrogens with one attached hydrogen (secondary N) is 1. The van der Waals surface area contributed by atoms with Crippen molar-refractivity contribution in [1.29, 1.82) is 0 Å². The van der Waals surface area contributed by atoms with E-state index in [-0.39, 0.29) is 24.8 Å². The highest BCUT2D eigenvalue weighted by atomic mass is 19.4. The van der Waals surface area contributed by atoms with E-state index in [0.717, 1.165) is 25.9 Å². The number of nitrogens with zero attached hydrogens (tertiary/aromatic N) is 2. The Morgan fingerprint density at radius 1 is 1.19 bits per heavy atom. The van der Waals surface area contributed by atoms with Gasteiger partial charge in [-0.05, 0) is 50.2 Å². The van der Waals surface area contributed by atoms with Crippen LogP contribution in [0.5, 0.6) is 0 Å². The van der Waals surface area contributed by atoms with Gasteiger partial charge in [0.1, 0.15) is 5.82 Å². The van der Waals surface area contributed by atoms with Gasteiger partial charge in [-0.25, -0.2) is 4.98 Å². The minimum absolute atomic E-state index is 0.0225. The molecule has 1 aliphatic heterocycles. The van der Waals surface area contributed by atoms with E-state index >= 15 is 0 Å². The smallest absolute Gasteiger partial charge is 0.367 e. The molecule has 1 amide bonds. The fourth-order valence-electron chi connectivity index (χ4n) is 3.83. The number of halogens is 3. The average Bonchev–Trinajstić information content (AvgIpc) is 2.62. The van der Waals surface area contributed by atoms with Crippen molar-refractivity contribution in [2.45, 2.75) is 57.7 Å². The fourth-order valence-corrected chi connectivity index (χ4v) is 3.83. The molecule has 1 saturated carbocycles. The lowest BCUT2D eigenvalue weighted by molar-refractivity contribution is -0.182. The first-order chi connectivity index (χ1) is 12.3. The second kappa shape index (κ2) is 7.84. The van der Waals surface area contributed by atoms with Crippen LogP contribution in [0.15, 0.2) is 18.3 Å². The summed E-state index contributed by atoms with van der Waals surface area (Å²) in [4.78, 5) is 18.6. The highest BCUT2D eigenvalue weighted by Crippen LogP contribution is 2.38. The number of carbonyl (C=O) groups excluding carboxylic acids is 1. The Balaban J connectivity index is 1.57. The third kappa shape index (κ3) is 4.68. The number of carbonyl (C=O) groups is 1. The summed E-state index contributed by atoms with van der Waals surface area (Å²) < 4.78 is 38.7. The Morgan fingerprint density at radius 3 is 2.54 bits per heavy atom. The Bertz CT molecular complexity index is 609. The van der Waals surface area contributed by atoms with Crippen LogP contribution < -0.4 is 5.32 Å². The van der Waals surface area contributed by atoms with Gasteiger partial charge in [0, 0.05) is 25.3 Å². The molecule has 0 aromatic carbocycles. The van der Waals surface area contributed by atoms with Crippen LogP contribution in [0.2, 0.25) is 0 Å². The molecule has 144 valence electrons. The molecular weight excluding hydrogens is 343 g/mol. The zero-order valence-electron chi connectivity index (χ0n) is 15.1. The van der Waals surface area contributed by atoms with Crippen LogP contribution in [0.1, 0.15) is 55.8 Å². The summed E-state index contributed by atoms with van der Waals surface area (Å²) in [6.07, 6.45) is 0.978. The number of aromatic nitrogens is 1.